The minimum atomic E-state index is 0.171. The first-order chi connectivity index (χ1) is 15.5. The first-order valence-corrected chi connectivity index (χ1v) is 12.9. The Balaban J connectivity index is 1.68. The lowest BCUT2D eigenvalue weighted by Crippen LogP contribution is -2.18. The molecule has 0 saturated heterocycles. The number of para-hydroxylation sites is 1. The van der Waals surface area contributed by atoms with E-state index in [2.05, 4.69) is 75.5 Å². The predicted molar refractivity (Wildman–Crippen MR) is 140 cm³/mol. The van der Waals surface area contributed by atoms with E-state index in [-0.39, 0.29) is 5.91 Å². The summed E-state index contributed by atoms with van der Waals surface area (Å²) in [6, 6.07) is 6.17. The molecule has 0 radical (unpaired) electrons. The standard InChI is InChI=1S/C30H45NO/c1-5-16-27(23-29(32)31-30-25(3)18-15-19-26(30)4)20-12-10-9-11-17-24(2)28-21-13-7-6-8-14-22-28/h6-7,13,15,18-19,21-22,24,27H,5,8-12,14,16-17,20,23H2,1-4H3,(H,31,32)/b7-6+,21-13?,28-22?. The third-order valence-corrected chi connectivity index (χ3v) is 6.73. The zero-order valence-corrected chi connectivity index (χ0v) is 21.0. The van der Waals surface area contributed by atoms with Gasteiger partial charge in [-0.15, -0.1) is 0 Å². The molecule has 2 heteroatoms. The van der Waals surface area contributed by atoms with Gasteiger partial charge in [-0.3, -0.25) is 4.79 Å². The number of aryl methyl sites for hydroxylation is 2. The largest absolute Gasteiger partial charge is 0.326 e. The molecule has 2 atom stereocenters. The minimum absolute atomic E-state index is 0.171. The van der Waals surface area contributed by atoms with Crippen LogP contribution in [0.3, 0.4) is 0 Å². The Kier molecular flexibility index (Phi) is 12.2. The van der Waals surface area contributed by atoms with Crippen molar-refractivity contribution < 1.29 is 4.79 Å². The summed E-state index contributed by atoms with van der Waals surface area (Å²) in [4.78, 5) is 12.7. The summed E-state index contributed by atoms with van der Waals surface area (Å²) < 4.78 is 0. The lowest BCUT2D eigenvalue weighted by molar-refractivity contribution is -0.117. The number of hydrogen-bond donors (Lipinski definition) is 1. The van der Waals surface area contributed by atoms with Crippen molar-refractivity contribution >= 4 is 11.6 Å². The summed E-state index contributed by atoms with van der Waals surface area (Å²) in [5.74, 6) is 1.32. The van der Waals surface area contributed by atoms with Crippen molar-refractivity contribution in [1.82, 2.24) is 0 Å². The molecular weight excluding hydrogens is 390 g/mol. The van der Waals surface area contributed by atoms with Crippen LogP contribution in [0.25, 0.3) is 0 Å². The van der Waals surface area contributed by atoms with Gasteiger partial charge >= 0.3 is 0 Å². The van der Waals surface area contributed by atoms with Crippen molar-refractivity contribution in [2.45, 2.75) is 98.3 Å². The van der Waals surface area contributed by atoms with Crippen LogP contribution in [-0.2, 0) is 4.79 Å². The maximum Gasteiger partial charge on any atom is 0.224 e. The maximum absolute atomic E-state index is 12.7. The van der Waals surface area contributed by atoms with E-state index in [1.165, 1.54) is 44.1 Å². The highest BCUT2D eigenvalue weighted by Crippen LogP contribution is 2.25. The normalized spacial score (nSPS) is 16.6. The second-order valence-corrected chi connectivity index (χ2v) is 9.64. The first kappa shape index (κ1) is 26.2. The molecule has 1 amide bonds. The smallest absolute Gasteiger partial charge is 0.224 e. The number of amides is 1. The summed E-state index contributed by atoms with van der Waals surface area (Å²) in [5, 5.41) is 3.18. The van der Waals surface area contributed by atoms with Gasteiger partial charge in [-0.05, 0) is 68.1 Å². The molecule has 0 fully saturated rings. The van der Waals surface area contributed by atoms with Gasteiger partial charge in [-0.25, -0.2) is 0 Å². The summed E-state index contributed by atoms with van der Waals surface area (Å²) >= 11 is 0. The molecule has 1 aromatic carbocycles. The van der Waals surface area contributed by atoms with Crippen LogP contribution in [-0.4, -0.2) is 5.91 Å². The number of nitrogens with one attached hydrogen (secondary N) is 1. The fourth-order valence-electron chi connectivity index (χ4n) is 4.75. The summed E-state index contributed by atoms with van der Waals surface area (Å²) in [7, 11) is 0. The second-order valence-electron chi connectivity index (χ2n) is 9.64. The van der Waals surface area contributed by atoms with Gasteiger partial charge in [0.1, 0.15) is 0 Å². The Morgan fingerprint density at radius 3 is 2.41 bits per heavy atom. The highest BCUT2D eigenvalue weighted by Gasteiger charge is 2.15. The number of carbonyl (C=O) groups excluding carboxylic acids is 1. The van der Waals surface area contributed by atoms with E-state index in [1.807, 2.05) is 6.07 Å². The van der Waals surface area contributed by atoms with Crippen molar-refractivity contribution in [2.24, 2.45) is 11.8 Å². The van der Waals surface area contributed by atoms with Gasteiger partial charge in [0.05, 0.1) is 0 Å². The molecule has 2 nitrogen and oxygen atoms in total. The van der Waals surface area contributed by atoms with Crippen LogP contribution in [0.5, 0.6) is 0 Å². The van der Waals surface area contributed by atoms with Crippen LogP contribution in [0.2, 0.25) is 0 Å². The topological polar surface area (TPSA) is 29.1 Å². The SMILES string of the molecule is CCCC(CCCCCCC(C)C1=CCC/C=C/C=C1)CC(=O)Nc1c(C)cccc1C. The van der Waals surface area contributed by atoms with Crippen LogP contribution in [0.4, 0.5) is 5.69 Å². The van der Waals surface area contributed by atoms with Gasteiger partial charge in [0.2, 0.25) is 5.91 Å². The molecule has 2 rings (SSSR count). The van der Waals surface area contributed by atoms with Crippen molar-refractivity contribution in [3.8, 4) is 0 Å². The predicted octanol–water partition coefficient (Wildman–Crippen LogP) is 8.86. The van der Waals surface area contributed by atoms with Crippen LogP contribution in [0, 0.1) is 25.7 Å². The summed E-state index contributed by atoms with van der Waals surface area (Å²) in [6.07, 6.45) is 24.1. The molecular formula is C30H45NO. The van der Waals surface area contributed by atoms with Crippen molar-refractivity contribution in [3.63, 3.8) is 0 Å². The van der Waals surface area contributed by atoms with Gasteiger partial charge < -0.3 is 5.32 Å². The van der Waals surface area contributed by atoms with Gasteiger partial charge in [0.25, 0.3) is 0 Å². The minimum Gasteiger partial charge on any atom is -0.326 e. The first-order valence-electron chi connectivity index (χ1n) is 12.9. The number of unbranched alkanes of at least 4 members (excludes halogenated alkanes) is 3. The molecule has 0 aromatic heterocycles. The Morgan fingerprint density at radius 2 is 1.69 bits per heavy atom. The molecule has 176 valence electrons. The summed E-state index contributed by atoms with van der Waals surface area (Å²) in [6.45, 7) is 8.72. The number of carbonyl (C=O) groups is 1. The molecule has 1 aliphatic carbocycles. The third-order valence-electron chi connectivity index (χ3n) is 6.73. The Morgan fingerprint density at radius 1 is 0.969 bits per heavy atom. The molecule has 0 bridgehead atoms. The second kappa shape index (κ2) is 14.9. The number of allylic oxidation sites excluding steroid dienone is 6. The van der Waals surface area contributed by atoms with E-state index < -0.39 is 0 Å². The van der Waals surface area contributed by atoms with E-state index in [0.29, 0.717) is 18.3 Å². The van der Waals surface area contributed by atoms with E-state index in [1.54, 1.807) is 0 Å². The molecule has 0 heterocycles. The molecule has 32 heavy (non-hydrogen) atoms. The highest BCUT2D eigenvalue weighted by atomic mass is 16.1. The van der Waals surface area contributed by atoms with Gasteiger partial charge in [-0.1, -0.05) is 101 Å². The van der Waals surface area contributed by atoms with Gasteiger partial charge in [0.15, 0.2) is 0 Å². The van der Waals surface area contributed by atoms with Crippen LogP contribution in [0.15, 0.2) is 54.2 Å². The number of anilines is 1. The Hall–Kier alpha value is -2.09. The van der Waals surface area contributed by atoms with Gasteiger partial charge in [0, 0.05) is 12.1 Å². The average molecular weight is 436 g/mol. The number of hydrogen-bond acceptors (Lipinski definition) is 1. The fourth-order valence-corrected chi connectivity index (χ4v) is 4.75. The molecule has 1 aromatic rings. The quantitative estimate of drug-likeness (QED) is 0.308. The molecule has 2 unspecified atom stereocenters. The Labute approximate surface area is 197 Å². The van der Waals surface area contributed by atoms with Crippen LogP contribution < -0.4 is 5.32 Å². The van der Waals surface area contributed by atoms with E-state index in [0.717, 1.165) is 42.5 Å². The van der Waals surface area contributed by atoms with Crippen molar-refractivity contribution in [1.29, 1.82) is 0 Å². The molecule has 1 aliphatic rings. The highest BCUT2D eigenvalue weighted by molar-refractivity contribution is 5.92. The molecule has 1 N–H and O–H groups in total. The zero-order chi connectivity index (χ0) is 23.2. The zero-order valence-electron chi connectivity index (χ0n) is 21.0. The average Bonchev–Trinajstić information content (AvgIpc) is 2.73. The Bertz CT molecular complexity index is 766. The van der Waals surface area contributed by atoms with Crippen molar-refractivity contribution in [3.05, 3.63) is 65.3 Å². The lowest BCUT2D eigenvalue weighted by Gasteiger charge is -2.18. The summed E-state index contributed by atoms with van der Waals surface area (Å²) in [5.41, 5.74) is 4.78. The third kappa shape index (κ3) is 9.59. The lowest BCUT2D eigenvalue weighted by atomic mass is 9.90. The number of benzene rings is 1. The number of rotatable bonds is 13. The molecule has 0 saturated carbocycles. The van der Waals surface area contributed by atoms with E-state index in [4.69, 9.17) is 0 Å². The monoisotopic (exact) mass is 435 g/mol. The molecule has 0 spiro atoms. The molecule has 0 aliphatic heterocycles. The van der Waals surface area contributed by atoms with Crippen LogP contribution in [0.1, 0.15) is 95.6 Å². The van der Waals surface area contributed by atoms with Crippen molar-refractivity contribution in [2.75, 3.05) is 5.32 Å². The fraction of sp³-hybridized carbons (Fsp3) is 0.567. The van der Waals surface area contributed by atoms with Crippen LogP contribution >= 0.6 is 0 Å². The van der Waals surface area contributed by atoms with E-state index in [9.17, 15) is 4.79 Å². The maximum atomic E-state index is 12.7. The van der Waals surface area contributed by atoms with Gasteiger partial charge in [-0.2, -0.15) is 0 Å². The van der Waals surface area contributed by atoms with E-state index >= 15 is 0 Å².